The third kappa shape index (κ3) is 4.84. The highest BCUT2D eigenvalue weighted by molar-refractivity contribution is 5.92. The number of carbonyl (C=O) groups is 1. The first-order valence-corrected chi connectivity index (χ1v) is 9.32. The van der Waals surface area contributed by atoms with Gasteiger partial charge in [-0.2, -0.15) is 0 Å². The zero-order valence-corrected chi connectivity index (χ0v) is 16.3. The van der Waals surface area contributed by atoms with E-state index >= 15 is 0 Å². The topological polar surface area (TPSA) is 60.2 Å². The van der Waals surface area contributed by atoms with Gasteiger partial charge in [0.25, 0.3) is 5.91 Å². The summed E-state index contributed by atoms with van der Waals surface area (Å²) < 4.78 is 5.87. The number of aryl methyl sites for hydroxylation is 1. The van der Waals surface area contributed by atoms with Crippen LogP contribution in [0.3, 0.4) is 0 Å². The third-order valence-electron chi connectivity index (χ3n) is 4.95. The van der Waals surface area contributed by atoms with Crippen molar-refractivity contribution in [3.63, 3.8) is 0 Å². The van der Waals surface area contributed by atoms with E-state index < -0.39 is 5.60 Å². The van der Waals surface area contributed by atoms with Crippen molar-refractivity contribution in [2.45, 2.75) is 45.8 Å². The van der Waals surface area contributed by atoms with E-state index in [1.807, 2.05) is 32.0 Å². The molecule has 1 aromatic heterocycles. The minimum Gasteiger partial charge on any atom is -0.456 e. The monoisotopic (exact) mass is 351 g/mol. The molecule has 6 heteroatoms. The Kier molecular flexibility index (Phi) is 6.65. The number of likely N-dealkylation sites (N-methyl/N-ethyl adjacent to an activating group) is 1. The first-order valence-electron chi connectivity index (χ1n) is 9.32. The number of β-amino-alcohol motifs (C(OH)–C–C–N with tert-alkyl or cyclic N) is 1. The van der Waals surface area contributed by atoms with Gasteiger partial charge in [0.15, 0.2) is 5.76 Å². The second kappa shape index (κ2) is 8.34. The molecule has 0 aromatic carbocycles. The Balaban J connectivity index is 2.11. The maximum Gasteiger partial charge on any atom is 0.289 e. The van der Waals surface area contributed by atoms with Crippen LogP contribution in [-0.4, -0.2) is 78.1 Å². The van der Waals surface area contributed by atoms with Crippen LogP contribution in [0.25, 0.3) is 0 Å². The van der Waals surface area contributed by atoms with Crippen molar-refractivity contribution in [1.29, 1.82) is 0 Å². The van der Waals surface area contributed by atoms with Crippen LogP contribution in [0.2, 0.25) is 0 Å². The maximum atomic E-state index is 12.8. The minimum absolute atomic E-state index is 0.116. The Labute approximate surface area is 151 Å². The summed E-state index contributed by atoms with van der Waals surface area (Å²) in [6, 6.07) is 1.89. The van der Waals surface area contributed by atoms with E-state index in [0.29, 0.717) is 31.8 Å². The molecule has 2 heterocycles. The first kappa shape index (κ1) is 19.9. The van der Waals surface area contributed by atoms with Crippen molar-refractivity contribution in [2.24, 2.45) is 0 Å². The summed E-state index contributed by atoms with van der Waals surface area (Å²) in [6.07, 6.45) is 1.37. The Morgan fingerprint density at radius 2 is 2.00 bits per heavy atom. The van der Waals surface area contributed by atoms with Crippen molar-refractivity contribution in [3.05, 3.63) is 23.2 Å². The van der Waals surface area contributed by atoms with Gasteiger partial charge in [0.1, 0.15) is 5.76 Å². The van der Waals surface area contributed by atoms with E-state index in [-0.39, 0.29) is 5.91 Å². The normalized spacial score (nSPS) is 20.9. The van der Waals surface area contributed by atoms with Gasteiger partial charge >= 0.3 is 0 Å². The Bertz CT molecular complexity index is 580. The molecule has 1 saturated heterocycles. The fourth-order valence-electron chi connectivity index (χ4n) is 3.60. The molecule has 142 valence electrons. The van der Waals surface area contributed by atoms with E-state index in [1.54, 1.807) is 4.90 Å². The van der Waals surface area contributed by atoms with Crippen molar-refractivity contribution >= 4 is 5.91 Å². The molecular formula is C19H33N3O3. The van der Waals surface area contributed by atoms with Crippen molar-refractivity contribution in [1.82, 2.24) is 14.7 Å². The largest absolute Gasteiger partial charge is 0.456 e. The third-order valence-corrected chi connectivity index (χ3v) is 4.95. The highest BCUT2D eigenvalue weighted by Gasteiger charge is 2.39. The minimum atomic E-state index is -0.830. The fraction of sp³-hybridized carbons (Fsp3) is 0.737. The molecule has 0 aliphatic carbocycles. The molecule has 1 amide bonds. The first-order chi connectivity index (χ1) is 11.8. The smallest absolute Gasteiger partial charge is 0.289 e. The van der Waals surface area contributed by atoms with Crippen LogP contribution in [0.1, 0.15) is 49.1 Å². The van der Waals surface area contributed by atoms with Crippen LogP contribution in [0.15, 0.2) is 10.5 Å². The molecule has 1 aliphatic rings. The molecule has 1 atom stereocenters. The van der Waals surface area contributed by atoms with Crippen LogP contribution in [0, 0.1) is 0 Å². The molecule has 25 heavy (non-hydrogen) atoms. The predicted molar refractivity (Wildman–Crippen MR) is 98.7 cm³/mol. The Hall–Kier alpha value is -1.37. The van der Waals surface area contributed by atoms with Gasteiger partial charge in [-0.15, -0.1) is 0 Å². The standard InChI is InChI=1S/C19H33N3O3/c1-6-16-15(12-21(7-2)8-3)11-17(25-16)18(23)22-10-9-19(24,14-22)13-20(4)5/h11,24H,6-10,12-14H2,1-5H3/t19-/m0/s1. The molecule has 1 aliphatic heterocycles. The quantitative estimate of drug-likeness (QED) is 0.774. The van der Waals surface area contributed by atoms with Crippen molar-refractivity contribution in [2.75, 3.05) is 46.8 Å². The van der Waals surface area contributed by atoms with Gasteiger partial charge in [0.2, 0.25) is 0 Å². The van der Waals surface area contributed by atoms with Gasteiger partial charge in [0.05, 0.1) is 12.1 Å². The number of carbonyl (C=O) groups excluding carboxylic acids is 1. The van der Waals surface area contributed by atoms with Crippen LogP contribution >= 0.6 is 0 Å². The molecule has 6 nitrogen and oxygen atoms in total. The number of nitrogens with zero attached hydrogens (tertiary/aromatic N) is 3. The average Bonchev–Trinajstić information content (AvgIpc) is 3.14. The molecule has 0 spiro atoms. The molecule has 1 aromatic rings. The highest BCUT2D eigenvalue weighted by atomic mass is 16.4. The lowest BCUT2D eigenvalue weighted by Crippen LogP contribution is -2.43. The molecular weight excluding hydrogens is 318 g/mol. The molecule has 0 bridgehead atoms. The average molecular weight is 351 g/mol. The predicted octanol–water partition coefficient (Wildman–Crippen LogP) is 1.82. The summed E-state index contributed by atoms with van der Waals surface area (Å²) in [6.45, 7) is 10.5. The van der Waals surface area contributed by atoms with Crippen molar-refractivity contribution in [3.8, 4) is 0 Å². The number of hydrogen-bond donors (Lipinski definition) is 1. The molecule has 0 radical (unpaired) electrons. The summed E-state index contributed by atoms with van der Waals surface area (Å²) in [5, 5.41) is 10.6. The van der Waals surface area contributed by atoms with Gasteiger partial charge in [-0.05, 0) is 39.7 Å². The van der Waals surface area contributed by atoms with E-state index in [0.717, 1.165) is 37.4 Å². The second-order valence-corrected chi connectivity index (χ2v) is 7.31. The number of rotatable bonds is 8. The van der Waals surface area contributed by atoms with E-state index in [2.05, 4.69) is 18.7 Å². The summed E-state index contributed by atoms with van der Waals surface area (Å²) >= 11 is 0. The number of amides is 1. The zero-order chi connectivity index (χ0) is 18.6. The van der Waals surface area contributed by atoms with Crippen LogP contribution in [0.4, 0.5) is 0 Å². The summed E-state index contributed by atoms with van der Waals surface area (Å²) in [4.78, 5) is 18.8. The number of furan rings is 1. The summed E-state index contributed by atoms with van der Waals surface area (Å²) in [5.74, 6) is 1.17. The summed E-state index contributed by atoms with van der Waals surface area (Å²) in [7, 11) is 3.87. The number of aliphatic hydroxyl groups is 1. The van der Waals surface area contributed by atoms with Crippen LogP contribution in [-0.2, 0) is 13.0 Å². The Morgan fingerprint density at radius 1 is 1.32 bits per heavy atom. The van der Waals surface area contributed by atoms with Crippen LogP contribution in [0.5, 0.6) is 0 Å². The lowest BCUT2D eigenvalue weighted by molar-refractivity contribution is 0.0231. The lowest BCUT2D eigenvalue weighted by atomic mass is 10.0. The molecule has 0 saturated carbocycles. The van der Waals surface area contributed by atoms with E-state index in [4.69, 9.17) is 4.42 Å². The fourth-order valence-corrected chi connectivity index (χ4v) is 3.60. The van der Waals surface area contributed by atoms with E-state index in [9.17, 15) is 9.90 Å². The maximum absolute atomic E-state index is 12.8. The van der Waals surface area contributed by atoms with Gasteiger partial charge in [-0.25, -0.2) is 0 Å². The molecule has 1 N–H and O–H groups in total. The number of likely N-dealkylation sites (tertiary alicyclic amines) is 1. The van der Waals surface area contributed by atoms with Gasteiger partial charge in [0, 0.05) is 31.6 Å². The van der Waals surface area contributed by atoms with Gasteiger partial charge in [-0.3, -0.25) is 9.69 Å². The summed E-state index contributed by atoms with van der Waals surface area (Å²) in [5.41, 5.74) is 0.265. The van der Waals surface area contributed by atoms with Gasteiger partial charge in [-0.1, -0.05) is 20.8 Å². The second-order valence-electron chi connectivity index (χ2n) is 7.31. The molecule has 0 unspecified atom stereocenters. The zero-order valence-electron chi connectivity index (χ0n) is 16.3. The number of hydrogen-bond acceptors (Lipinski definition) is 5. The van der Waals surface area contributed by atoms with Crippen LogP contribution < -0.4 is 0 Å². The lowest BCUT2D eigenvalue weighted by Gasteiger charge is -2.26. The molecule has 1 fully saturated rings. The van der Waals surface area contributed by atoms with E-state index in [1.165, 1.54) is 0 Å². The SMILES string of the molecule is CCc1oc(C(=O)N2CC[C@](O)(CN(C)C)C2)cc1CN(CC)CC. The Morgan fingerprint density at radius 3 is 2.56 bits per heavy atom. The van der Waals surface area contributed by atoms with Gasteiger partial charge < -0.3 is 19.3 Å². The van der Waals surface area contributed by atoms with Crippen molar-refractivity contribution < 1.29 is 14.3 Å². The molecule has 2 rings (SSSR count). The highest BCUT2D eigenvalue weighted by Crippen LogP contribution is 2.26.